The van der Waals surface area contributed by atoms with Crippen LogP contribution in [0.25, 0.3) is 11.0 Å². The third-order valence-electron chi connectivity index (χ3n) is 5.83. The van der Waals surface area contributed by atoms with Gasteiger partial charge in [-0.05, 0) is 42.9 Å². The molecule has 0 radical (unpaired) electrons. The Hall–Kier alpha value is -2.96. The highest BCUT2D eigenvalue weighted by Crippen LogP contribution is 2.43. The maximum Gasteiger partial charge on any atom is 0.270 e. The second-order valence-electron chi connectivity index (χ2n) is 7.46. The summed E-state index contributed by atoms with van der Waals surface area (Å²) < 4.78 is 0. The van der Waals surface area contributed by atoms with Gasteiger partial charge in [0.15, 0.2) is 5.78 Å². The van der Waals surface area contributed by atoms with Crippen molar-refractivity contribution in [1.82, 2.24) is 25.1 Å². The van der Waals surface area contributed by atoms with Gasteiger partial charge in [0, 0.05) is 31.3 Å². The largest absolute Gasteiger partial charge is 0.349 e. The number of hydrogen-bond acceptors (Lipinski definition) is 4. The molecule has 2 aliphatic rings. The summed E-state index contributed by atoms with van der Waals surface area (Å²) in [5, 5.41) is 6.83. The molecule has 2 N–H and O–H groups in total. The van der Waals surface area contributed by atoms with Crippen LogP contribution in [0.2, 0.25) is 0 Å². The van der Waals surface area contributed by atoms with Crippen molar-refractivity contribution in [3.8, 4) is 0 Å². The van der Waals surface area contributed by atoms with Crippen molar-refractivity contribution >= 4 is 22.7 Å². The van der Waals surface area contributed by atoms with Crippen molar-refractivity contribution in [3.05, 3.63) is 47.5 Å². The number of amides is 1. The number of aromatic amines is 2. The molecule has 0 atom stereocenters. The van der Waals surface area contributed by atoms with Crippen LogP contribution in [-0.4, -0.2) is 49.8 Å². The maximum absolute atomic E-state index is 12.8. The first kappa shape index (κ1) is 15.3. The van der Waals surface area contributed by atoms with Gasteiger partial charge in [-0.2, -0.15) is 5.10 Å². The van der Waals surface area contributed by atoms with Crippen LogP contribution in [0, 0.1) is 5.41 Å². The normalized spacial score (nSPS) is 19.1. The average Bonchev–Trinajstić information content (AvgIpc) is 3.28. The van der Waals surface area contributed by atoms with Crippen molar-refractivity contribution in [2.75, 3.05) is 13.1 Å². The number of ketones is 1. The molecular formula is C19H19N5O2. The molecule has 0 unspecified atom stereocenters. The van der Waals surface area contributed by atoms with Crippen molar-refractivity contribution in [3.63, 3.8) is 0 Å². The van der Waals surface area contributed by atoms with E-state index in [0.717, 1.165) is 35.9 Å². The number of piperidine rings is 1. The molecule has 5 rings (SSSR count). The van der Waals surface area contributed by atoms with Gasteiger partial charge < -0.3 is 9.88 Å². The Kier molecular flexibility index (Phi) is 3.25. The van der Waals surface area contributed by atoms with E-state index in [9.17, 15) is 9.59 Å². The van der Waals surface area contributed by atoms with Crippen LogP contribution in [0.4, 0.5) is 0 Å². The number of Topliss-reactive ketones (excluding diaryl/α,β-unsaturated/α-hetero) is 1. The lowest BCUT2D eigenvalue weighted by Gasteiger charge is -2.43. The number of rotatable bonds is 1. The van der Waals surface area contributed by atoms with Gasteiger partial charge >= 0.3 is 0 Å². The number of carbonyl (C=O) groups excluding carboxylic acids is 2. The summed E-state index contributed by atoms with van der Waals surface area (Å²) >= 11 is 0. The molecule has 7 heteroatoms. The van der Waals surface area contributed by atoms with E-state index in [4.69, 9.17) is 0 Å². The lowest BCUT2D eigenvalue weighted by Crippen LogP contribution is -2.46. The SMILES string of the molecule is O=C1CC2(CCN(C(=O)c3cc4ncccc4[nH]3)CC2)Cc2cn[nH]c21. The molecule has 7 nitrogen and oxygen atoms in total. The number of nitrogens with one attached hydrogen (secondary N) is 2. The van der Waals surface area contributed by atoms with Crippen LogP contribution >= 0.6 is 0 Å². The van der Waals surface area contributed by atoms with Gasteiger partial charge in [-0.3, -0.25) is 19.7 Å². The number of likely N-dealkylation sites (tertiary alicyclic amines) is 1. The average molecular weight is 349 g/mol. The summed E-state index contributed by atoms with van der Waals surface area (Å²) in [5.41, 5.74) is 3.89. The Balaban J connectivity index is 1.33. The number of fused-ring (bicyclic) bond motifs is 2. The fraction of sp³-hybridized carbons (Fsp3) is 0.368. The Morgan fingerprint density at radius 3 is 2.88 bits per heavy atom. The zero-order valence-electron chi connectivity index (χ0n) is 14.3. The lowest BCUT2D eigenvalue weighted by atomic mass is 9.67. The molecule has 4 heterocycles. The minimum absolute atomic E-state index is 0.00369. The summed E-state index contributed by atoms with van der Waals surface area (Å²) in [6.45, 7) is 1.34. The van der Waals surface area contributed by atoms with Gasteiger partial charge in [0.1, 0.15) is 11.4 Å². The summed E-state index contributed by atoms with van der Waals surface area (Å²) in [5.74, 6) is 0.147. The highest BCUT2D eigenvalue weighted by atomic mass is 16.2. The van der Waals surface area contributed by atoms with Gasteiger partial charge in [0.2, 0.25) is 0 Å². The van der Waals surface area contributed by atoms with Gasteiger partial charge in [0.05, 0.1) is 17.2 Å². The van der Waals surface area contributed by atoms with Crippen molar-refractivity contribution < 1.29 is 9.59 Å². The quantitative estimate of drug-likeness (QED) is 0.705. The summed E-state index contributed by atoms with van der Waals surface area (Å²) in [6.07, 6.45) is 6.58. The second kappa shape index (κ2) is 5.52. The fourth-order valence-corrected chi connectivity index (χ4v) is 4.36. The van der Waals surface area contributed by atoms with Gasteiger partial charge in [0.25, 0.3) is 5.91 Å². The number of aromatic nitrogens is 4. The van der Waals surface area contributed by atoms with Crippen LogP contribution in [0.15, 0.2) is 30.6 Å². The Bertz CT molecular complexity index is 977. The molecular weight excluding hydrogens is 330 g/mol. The first-order chi connectivity index (χ1) is 12.6. The van der Waals surface area contributed by atoms with E-state index < -0.39 is 0 Å². The summed E-state index contributed by atoms with van der Waals surface area (Å²) in [4.78, 5) is 34.6. The molecule has 1 fully saturated rings. The number of pyridine rings is 1. The van der Waals surface area contributed by atoms with E-state index >= 15 is 0 Å². The second-order valence-corrected chi connectivity index (χ2v) is 7.46. The molecule has 1 aliphatic heterocycles. The van der Waals surface area contributed by atoms with Crippen LogP contribution in [0.1, 0.15) is 45.8 Å². The number of carbonyl (C=O) groups is 2. The fourth-order valence-electron chi connectivity index (χ4n) is 4.36. The van der Waals surface area contributed by atoms with Crippen molar-refractivity contribution in [2.45, 2.75) is 25.7 Å². The highest BCUT2D eigenvalue weighted by molar-refractivity contribution is 5.98. The first-order valence-corrected chi connectivity index (χ1v) is 8.92. The molecule has 1 amide bonds. The summed E-state index contributed by atoms with van der Waals surface area (Å²) in [7, 11) is 0. The van der Waals surface area contributed by atoms with E-state index in [0.29, 0.717) is 30.9 Å². The molecule has 26 heavy (non-hydrogen) atoms. The molecule has 1 saturated heterocycles. The van der Waals surface area contributed by atoms with Gasteiger partial charge in [-0.1, -0.05) is 0 Å². The van der Waals surface area contributed by atoms with E-state index in [-0.39, 0.29) is 17.1 Å². The predicted octanol–water partition coefficient (Wildman–Crippen LogP) is 2.34. The predicted molar refractivity (Wildman–Crippen MR) is 94.9 cm³/mol. The minimum Gasteiger partial charge on any atom is -0.349 e. The van der Waals surface area contributed by atoms with Crippen molar-refractivity contribution in [2.24, 2.45) is 5.41 Å². The smallest absolute Gasteiger partial charge is 0.270 e. The molecule has 132 valence electrons. The molecule has 0 saturated carbocycles. The molecule has 0 bridgehead atoms. The van der Waals surface area contributed by atoms with Gasteiger partial charge in [-0.25, -0.2) is 0 Å². The first-order valence-electron chi connectivity index (χ1n) is 8.92. The van der Waals surface area contributed by atoms with Gasteiger partial charge in [-0.15, -0.1) is 0 Å². The van der Waals surface area contributed by atoms with Crippen LogP contribution < -0.4 is 0 Å². The highest BCUT2D eigenvalue weighted by Gasteiger charge is 2.42. The maximum atomic E-state index is 12.8. The zero-order valence-corrected chi connectivity index (χ0v) is 14.3. The Morgan fingerprint density at radius 2 is 2.08 bits per heavy atom. The van der Waals surface area contributed by atoms with E-state index in [1.165, 1.54) is 0 Å². The number of H-pyrrole nitrogens is 2. The Morgan fingerprint density at radius 1 is 1.23 bits per heavy atom. The van der Waals surface area contributed by atoms with Crippen LogP contribution in [0.5, 0.6) is 0 Å². The number of hydrogen-bond donors (Lipinski definition) is 2. The zero-order chi connectivity index (χ0) is 17.7. The van der Waals surface area contributed by atoms with E-state index in [1.54, 1.807) is 12.4 Å². The van der Waals surface area contributed by atoms with E-state index in [2.05, 4.69) is 20.2 Å². The monoisotopic (exact) mass is 349 g/mol. The molecule has 1 aliphatic carbocycles. The van der Waals surface area contributed by atoms with E-state index in [1.807, 2.05) is 23.1 Å². The molecule has 0 aromatic carbocycles. The lowest BCUT2D eigenvalue weighted by molar-refractivity contribution is 0.0516. The number of nitrogens with zero attached hydrogens (tertiary/aromatic N) is 3. The third kappa shape index (κ3) is 2.34. The third-order valence-corrected chi connectivity index (χ3v) is 5.83. The Labute approximate surface area is 149 Å². The molecule has 3 aromatic rings. The molecule has 1 spiro atoms. The minimum atomic E-state index is -0.0350. The van der Waals surface area contributed by atoms with Crippen LogP contribution in [0.3, 0.4) is 0 Å². The summed E-state index contributed by atoms with van der Waals surface area (Å²) in [6, 6.07) is 5.58. The standard InChI is InChI=1S/C19H19N5O2/c25-16-10-19(9-12-11-21-23-17(12)16)3-6-24(7-4-19)18(26)15-8-14-13(22-15)2-1-5-20-14/h1-2,5,8,11,22H,3-4,6-7,9-10H2,(H,21,23). The topological polar surface area (TPSA) is 94.7 Å². The molecule has 3 aromatic heterocycles. The van der Waals surface area contributed by atoms with Crippen LogP contribution in [-0.2, 0) is 6.42 Å². The van der Waals surface area contributed by atoms with Crippen molar-refractivity contribution in [1.29, 1.82) is 0 Å².